The van der Waals surface area contributed by atoms with E-state index in [9.17, 15) is 36.2 Å². The number of phenols is 2. The van der Waals surface area contributed by atoms with Crippen molar-refractivity contribution in [3.8, 4) is 11.5 Å². The predicted octanol–water partition coefficient (Wildman–Crippen LogP) is 9.27. The average molecular weight is 889 g/mol. The van der Waals surface area contributed by atoms with Gasteiger partial charge in [0.05, 0.1) is 9.79 Å². The van der Waals surface area contributed by atoms with Gasteiger partial charge in [0.1, 0.15) is 54.5 Å². The van der Waals surface area contributed by atoms with Crippen LogP contribution in [0.15, 0.2) is 127 Å². The van der Waals surface area contributed by atoms with Crippen LogP contribution in [0.25, 0.3) is 21.5 Å². The van der Waals surface area contributed by atoms with E-state index < -0.39 is 30.0 Å². The Labute approximate surface area is 343 Å². The molecular weight excluding hydrogens is 865 g/mol. The van der Waals surface area contributed by atoms with Crippen LogP contribution in [0.4, 0.5) is 22.7 Å². The number of rotatable bonds is 6. The SMILES string of the molecule is Cc1c(Cl)ccc(N=Nc2c(O)ccc3ccccc23)c1S(=O)(=O)[O-].Cc1c(Cl)ccc(N=Nc2c(O)ccc3ccccc23)c1S(=O)(=O)[O-].[Ba+2]. The molecule has 0 aliphatic carbocycles. The quantitative estimate of drug-likeness (QED) is 0.0935. The van der Waals surface area contributed by atoms with Crippen molar-refractivity contribution >= 4 is 137 Å². The van der Waals surface area contributed by atoms with Crippen molar-refractivity contribution in [1.29, 1.82) is 0 Å². The van der Waals surface area contributed by atoms with Gasteiger partial charge in [-0.15, -0.1) is 20.5 Å². The fourth-order valence-corrected chi connectivity index (χ4v) is 7.13. The first-order chi connectivity index (χ1) is 23.6. The zero-order valence-electron chi connectivity index (χ0n) is 26.6. The van der Waals surface area contributed by atoms with Crippen LogP contribution in [0.3, 0.4) is 0 Å². The van der Waals surface area contributed by atoms with Gasteiger partial charge < -0.3 is 19.3 Å². The van der Waals surface area contributed by atoms with E-state index in [0.717, 1.165) is 10.8 Å². The zero-order chi connectivity index (χ0) is 36.4. The van der Waals surface area contributed by atoms with Gasteiger partial charge in [0, 0.05) is 20.8 Å². The monoisotopic (exact) mass is 888 g/mol. The molecule has 0 aromatic heterocycles. The largest absolute Gasteiger partial charge is 2.00 e. The van der Waals surface area contributed by atoms with Crippen LogP contribution in [0, 0.1) is 13.8 Å². The molecule has 0 aliphatic rings. The van der Waals surface area contributed by atoms with Crippen LogP contribution in [-0.2, 0) is 20.2 Å². The normalized spacial score (nSPS) is 11.9. The summed E-state index contributed by atoms with van der Waals surface area (Å²) in [5, 5.41) is 39.1. The Morgan fingerprint density at radius 1 is 0.529 bits per heavy atom. The number of aromatic hydroxyl groups is 2. The van der Waals surface area contributed by atoms with Gasteiger partial charge in [0.25, 0.3) is 0 Å². The van der Waals surface area contributed by atoms with Crippen molar-refractivity contribution in [3.05, 3.63) is 118 Å². The molecule has 256 valence electrons. The van der Waals surface area contributed by atoms with Gasteiger partial charge in [-0.3, -0.25) is 0 Å². The van der Waals surface area contributed by atoms with E-state index in [-0.39, 0.29) is 104 Å². The second-order valence-corrected chi connectivity index (χ2v) is 14.1. The standard InChI is InChI=1S/2C17H13ClN2O4S.Ba/c2*1-10-13(18)7-8-14(17(10)25(22,23)24)19-20-16-12-5-3-2-4-11(12)6-9-15(16)21;/h2*2-9,21H,1H3,(H,22,23,24);/q;;+2/p-2. The van der Waals surface area contributed by atoms with E-state index in [1.165, 1.54) is 50.2 Å². The van der Waals surface area contributed by atoms with E-state index in [4.69, 9.17) is 23.2 Å². The minimum Gasteiger partial charge on any atom is -0.744 e. The Morgan fingerprint density at radius 3 is 1.24 bits per heavy atom. The maximum absolute atomic E-state index is 11.6. The Hall–Kier alpha value is -3.39. The molecule has 0 bridgehead atoms. The van der Waals surface area contributed by atoms with Gasteiger partial charge in [0.2, 0.25) is 0 Å². The Bertz CT molecular complexity index is 2410. The first kappa shape index (κ1) is 40.4. The summed E-state index contributed by atoms with van der Waals surface area (Å²) in [6.07, 6.45) is 0. The summed E-state index contributed by atoms with van der Waals surface area (Å²) in [5.41, 5.74) is 0.305. The van der Waals surface area contributed by atoms with Crippen LogP contribution in [0.2, 0.25) is 10.0 Å². The Balaban J connectivity index is 0.000000224. The number of azo groups is 2. The number of phenolic OH excluding ortho intramolecular Hbond substituents is 2. The molecule has 6 rings (SSSR count). The summed E-state index contributed by atoms with van der Waals surface area (Å²) < 4.78 is 69.3. The van der Waals surface area contributed by atoms with Crippen LogP contribution >= 0.6 is 23.2 Å². The average Bonchev–Trinajstić information content (AvgIpc) is 3.06. The first-order valence-corrected chi connectivity index (χ1v) is 17.9. The maximum Gasteiger partial charge on any atom is 2.00 e. The molecule has 0 atom stereocenters. The molecular formula is C34H24BaCl2N4O8S2. The summed E-state index contributed by atoms with van der Waals surface area (Å²) in [6.45, 7) is 2.84. The summed E-state index contributed by atoms with van der Waals surface area (Å²) >= 11 is 11.8. The fraction of sp³-hybridized carbons (Fsp3) is 0.0588. The first-order valence-electron chi connectivity index (χ1n) is 14.3. The number of benzene rings is 6. The summed E-state index contributed by atoms with van der Waals surface area (Å²) in [4.78, 5) is -1.05. The van der Waals surface area contributed by atoms with Crippen LogP contribution in [0.1, 0.15) is 11.1 Å². The molecule has 0 fully saturated rings. The van der Waals surface area contributed by atoms with E-state index in [1.807, 2.05) is 24.3 Å². The molecule has 0 radical (unpaired) electrons. The second kappa shape index (κ2) is 16.5. The molecule has 0 saturated heterocycles. The van der Waals surface area contributed by atoms with Gasteiger partial charge >= 0.3 is 48.9 Å². The third kappa shape index (κ3) is 9.16. The van der Waals surface area contributed by atoms with Crippen molar-refractivity contribution in [2.75, 3.05) is 0 Å². The molecule has 17 heteroatoms. The maximum atomic E-state index is 11.6. The third-order valence-corrected chi connectivity index (χ3v) is 10.3. The molecule has 51 heavy (non-hydrogen) atoms. The zero-order valence-corrected chi connectivity index (χ0v) is 34.2. The van der Waals surface area contributed by atoms with Crippen molar-refractivity contribution in [1.82, 2.24) is 0 Å². The smallest absolute Gasteiger partial charge is 0.744 e. The number of nitrogens with zero attached hydrogens (tertiary/aromatic N) is 4. The Kier molecular flexibility index (Phi) is 13.1. The van der Waals surface area contributed by atoms with Gasteiger partial charge in [-0.25, -0.2) is 16.8 Å². The molecule has 6 aromatic rings. The minimum absolute atomic E-state index is 0. The molecule has 0 saturated carbocycles. The molecule has 0 spiro atoms. The van der Waals surface area contributed by atoms with Crippen molar-refractivity contribution in [2.45, 2.75) is 23.6 Å². The summed E-state index contributed by atoms with van der Waals surface area (Å²) in [7, 11) is -9.59. The Morgan fingerprint density at radius 2 is 0.882 bits per heavy atom. The van der Waals surface area contributed by atoms with Crippen molar-refractivity contribution < 1.29 is 36.2 Å². The van der Waals surface area contributed by atoms with Gasteiger partial charge in [-0.05, 0) is 72.1 Å². The molecule has 12 nitrogen and oxygen atoms in total. The van der Waals surface area contributed by atoms with Crippen LogP contribution < -0.4 is 0 Å². The molecule has 0 unspecified atom stereocenters. The number of fused-ring (bicyclic) bond motifs is 2. The topological polar surface area (TPSA) is 204 Å². The van der Waals surface area contributed by atoms with E-state index >= 15 is 0 Å². The summed E-state index contributed by atoms with van der Waals surface area (Å²) in [6, 6.07) is 26.3. The third-order valence-electron chi connectivity index (χ3n) is 7.41. The van der Waals surface area contributed by atoms with E-state index in [1.54, 1.807) is 36.4 Å². The van der Waals surface area contributed by atoms with Gasteiger partial charge in [0.15, 0.2) is 0 Å². The molecule has 0 heterocycles. The fourth-order valence-electron chi connectivity index (χ4n) is 5.00. The van der Waals surface area contributed by atoms with Crippen molar-refractivity contribution in [2.24, 2.45) is 20.5 Å². The molecule has 2 N–H and O–H groups in total. The van der Waals surface area contributed by atoms with E-state index in [2.05, 4.69) is 20.5 Å². The van der Waals surface area contributed by atoms with Crippen LogP contribution in [-0.4, -0.2) is 85.0 Å². The molecule has 6 aromatic carbocycles. The number of halogens is 2. The van der Waals surface area contributed by atoms with Gasteiger partial charge in [-0.1, -0.05) is 83.9 Å². The summed E-state index contributed by atoms with van der Waals surface area (Å²) in [5.74, 6) is -0.223. The van der Waals surface area contributed by atoms with Gasteiger partial charge in [-0.2, -0.15) is 0 Å². The van der Waals surface area contributed by atoms with Crippen LogP contribution in [0.5, 0.6) is 11.5 Å². The second-order valence-electron chi connectivity index (χ2n) is 10.7. The predicted molar refractivity (Wildman–Crippen MR) is 194 cm³/mol. The number of hydrogen-bond donors (Lipinski definition) is 2. The molecule has 0 amide bonds. The van der Waals surface area contributed by atoms with Crippen molar-refractivity contribution in [3.63, 3.8) is 0 Å². The molecule has 0 aliphatic heterocycles. The van der Waals surface area contributed by atoms with E-state index in [0.29, 0.717) is 10.8 Å². The minimum atomic E-state index is -4.79. The number of hydrogen-bond acceptors (Lipinski definition) is 12.